The number of alkyl halides is 9. The van der Waals surface area contributed by atoms with Crippen LogP contribution < -0.4 is 18.8 Å². The minimum atomic E-state index is -7.45. The molecule has 0 atom stereocenters. The summed E-state index contributed by atoms with van der Waals surface area (Å²) in [4.78, 5) is 0. The van der Waals surface area contributed by atoms with Gasteiger partial charge in [-0.3, -0.25) is 0 Å². The van der Waals surface area contributed by atoms with Crippen LogP contribution in [0.2, 0.25) is 19.6 Å². The van der Waals surface area contributed by atoms with Crippen molar-refractivity contribution in [1.29, 1.82) is 0 Å². The largest absolute Gasteiger partial charge is 0.489 e. The molecule has 236 valence electrons. The van der Waals surface area contributed by atoms with Crippen molar-refractivity contribution < 1.29 is 61.6 Å². The first kappa shape index (κ1) is 34.1. The van der Waals surface area contributed by atoms with Gasteiger partial charge < -0.3 is 13.7 Å². The van der Waals surface area contributed by atoms with E-state index in [-0.39, 0.29) is 29.9 Å². The van der Waals surface area contributed by atoms with Gasteiger partial charge in [0.15, 0.2) is 0 Å². The van der Waals surface area contributed by atoms with Crippen molar-refractivity contribution in [3.8, 4) is 17.2 Å². The Labute approximate surface area is 242 Å². The SMILES string of the molecule is C[Si](C)(C)c1c(OCc2ccccc2)cc(OCc2ccccc2)cc1OS(=O)(=O)C(F)(F)C(F)(F)C(F)(F)C(F)(F)F. The van der Waals surface area contributed by atoms with E-state index in [1.165, 1.54) is 6.07 Å². The highest BCUT2D eigenvalue weighted by atomic mass is 32.2. The van der Waals surface area contributed by atoms with E-state index in [0.29, 0.717) is 11.1 Å². The van der Waals surface area contributed by atoms with Gasteiger partial charge in [-0.2, -0.15) is 47.9 Å². The van der Waals surface area contributed by atoms with Crippen molar-refractivity contribution in [3.63, 3.8) is 0 Å². The number of ether oxygens (including phenoxy) is 2. The Morgan fingerprint density at radius 1 is 0.651 bits per heavy atom. The first-order valence-corrected chi connectivity index (χ1v) is 17.2. The lowest BCUT2D eigenvalue weighted by Crippen LogP contribution is -2.64. The zero-order chi connectivity index (χ0) is 32.5. The fraction of sp³-hybridized carbons (Fsp3) is 0.333. The van der Waals surface area contributed by atoms with E-state index in [0.717, 1.165) is 6.07 Å². The number of hydrogen-bond acceptors (Lipinski definition) is 5. The highest BCUT2D eigenvalue weighted by Crippen LogP contribution is 2.55. The maximum Gasteiger partial charge on any atom is 0.460 e. The lowest BCUT2D eigenvalue weighted by Gasteiger charge is -2.33. The van der Waals surface area contributed by atoms with E-state index in [9.17, 15) is 47.9 Å². The van der Waals surface area contributed by atoms with Crippen molar-refractivity contribution in [2.24, 2.45) is 0 Å². The Balaban J connectivity index is 2.14. The molecule has 3 aromatic carbocycles. The van der Waals surface area contributed by atoms with Gasteiger partial charge in [0, 0.05) is 17.3 Å². The summed E-state index contributed by atoms with van der Waals surface area (Å²) in [7, 11) is -10.2. The fourth-order valence-electron chi connectivity index (χ4n) is 3.73. The fourth-order valence-corrected chi connectivity index (χ4v) is 6.47. The van der Waals surface area contributed by atoms with Crippen LogP contribution >= 0.6 is 0 Å². The van der Waals surface area contributed by atoms with E-state index in [1.54, 1.807) is 80.3 Å². The molecule has 0 bridgehead atoms. The van der Waals surface area contributed by atoms with Gasteiger partial charge in [-0.25, -0.2) is 0 Å². The van der Waals surface area contributed by atoms with Gasteiger partial charge >= 0.3 is 33.4 Å². The molecule has 0 fully saturated rings. The van der Waals surface area contributed by atoms with Crippen LogP contribution in [-0.2, 0) is 23.3 Å². The molecule has 0 aliphatic carbocycles. The van der Waals surface area contributed by atoms with Gasteiger partial charge in [-0.1, -0.05) is 80.3 Å². The molecule has 0 aromatic heterocycles. The molecule has 5 nitrogen and oxygen atoms in total. The minimum Gasteiger partial charge on any atom is -0.489 e. The minimum absolute atomic E-state index is 0.154. The number of hydrogen-bond donors (Lipinski definition) is 0. The maximum atomic E-state index is 14.6. The molecule has 0 aliphatic rings. The summed E-state index contributed by atoms with van der Waals surface area (Å²) in [6.07, 6.45) is -7.22. The van der Waals surface area contributed by atoms with Crippen LogP contribution in [-0.4, -0.2) is 39.8 Å². The van der Waals surface area contributed by atoms with Crippen LogP contribution in [0.5, 0.6) is 17.2 Å². The lowest BCUT2D eigenvalue weighted by atomic mass is 10.1. The van der Waals surface area contributed by atoms with Crippen molar-refractivity contribution in [2.45, 2.75) is 56.1 Å². The molecule has 3 rings (SSSR count). The molecule has 0 heterocycles. The molecule has 0 amide bonds. The Hall–Kier alpha value is -3.40. The smallest absolute Gasteiger partial charge is 0.460 e. The van der Waals surface area contributed by atoms with Crippen LogP contribution in [0.25, 0.3) is 0 Å². The summed E-state index contributed by atoms with van der Waals surface area (Å²) in [5.74, 6) is -16.4. The molecule has 16 heteroatoms. The van der Waals surface area contributed by atoms with Crippen LogP contribution in [0, 0.1) is 0 Å². The predicted octanol–water partition coefficient (Wildman–Crippen LogP) is 7.52. The zero-order valence-corrected chi connectivity index (χ0v) is 24.5. The molecule has 0 radical (unpaired) electrons. The van der Waals surface area contributed by atoms with Gasteiger partial charge in [0.1, 0.15) is 30.5 Å². The molecule has 0 saturated heterocycles. The third-order valence-corrected chi connectivity index (χ3v) is 9.18. The average molecular weight is 661 g/mol. The van der Waals surface area contributed by atoms with Crippen LogP contribution in [0.4, 0.5) is 39.5 Å². The monoisotopic (exact) mass is 660 g/mol. The van der Waals surface area contributed by atoms with Crippen molar-refractivity contribution in [3.05, 3.63) is 83.9 Å². The lowest BCUT2D eigenvalue weighted by molar-refractivity contribution is -0.382. The molecular formula is C27H25F9O5SSi. The van der Waals surface area contributed by atoms with Gasteiger partial charge in [-0.15, -0.1) is 0 Å². The Bertz CT molecular complexity index is 1510. The standard InChI is InChI=1S/C27H25F9O5SSi/c1-43(2,3)23-21(40-17-19-12-8-5-9-13-19)14-20(39-16-18-10-6-4-7-11-18)15-22(23)41-42(37,38)27(35,36)25(30,31)24(28,29)26(32,33)34/h4-15H,16-17H2,1-3H3. The zero-order valence-electron chi connectivity index (χ0n) is 22.7. The Kier molecular flexibility index (Phi) is 9.47. The molecule has 3 aromatic rings. The number of benzene rings is 3. The molecule has 0 spiro atoms. The summed E-state index contributed by atoms with van der Waals surface area (Å²) < 4.78 is 163. The second kappa shape index (κ2) is 11.9. The first-order chi connectivity index (χ1) is 19.6. The van der Waals surface area contributed by atoms with Gasteiger partial charge in [0.2, 0.25) is 0 Å². The molecule has 43 heavy (non-hydrogen) atoms. The second-order valence-electron chi connectivity index (χ2n) is 10.3. The van der Waals surface area contributed by atoms with Crippen molar-refractivity contribution in [2.75, 3.05) is 0 Å². The van der Waals surface area contributed by atoms with Gasteiger partial charge in [0.05, 0.1) is 8.07 Å². The molecule has 0 unspecified atom stereocenters. The van der Waals surface area contributed by atoms with E-state index in [4.69, 9.17) is 9.47 Å². The van der Waals surface area contributed by atoms with E-state index >= 15 is 0 Å². The van der Waals surface area contributed by atoms with Crippen LogP contribution in [0.1, 0.15) is 11.1 Å². The topological polar surface area (TPSA) is 61.8 Å². The van der Waals surface area contributed by atoms with Crippen LogP contribution in [0.15, 0.2) is 72.8 Å². The van der Waals surface area contributed by atoms with Crippen LogP contribution in [0.3, 0.4) is 0 Å². The highest BCUT2D eigenvalue weighted by Gasteiger charge is 2.86. The normalized spacial score (nSPS) is 13.5. The van der Waals surface area contributed by atoms with Gasteiger partial charge in [0.25, 0.3) is 0 Å². The van der Waals surface area contributed by atoms with Gasteiger partial charge in [-0.05, 0) is 11.1 Å². The summed E-state index contributed by atoms with van der Waals surface area (Å²) in [5.41, 5.74) is 1.20. The maximum absolute atomic E-state index is 14.6. The summed E-state index contributed by atoms with van der Waals surface area (Å²) in [6, 6.07) is 18.7. The third-order valence-electron chi connectivity index (χ3n) is 5.90. The van der Waals surface area contributed by atoms with Crippen molar-refractivity contribution >= 4 is 23.4 Å². The third kappa shape index (κ3) is 7.06. The van der Waals surface area contributed by atoms with Crippen molar-refractivity contribution in [1.82, 2.24) is 0 Å². The molecular weight excluding hydrogens is 635 g/mol. The quantitative estimate of drug-likeness (QED) is 0.114. The average Bonchev–Trinajstić information content (AvgIpc) is 2.90. The first-order valence-electron chi connectivity index (χ1n) is 12.3. The molecule has 0 N–H and O–H groups in total. The second-order valence-corrected chi connectivity index (χ2v) is 16.9. The predicted molar refractivity (Wildman–Crippen MR) is 141 cm³/mol. The van der Waals surface area contributed by atoms with E-state index in [2.05, 4.69) is 4.18 Å². The van der Waals surface area contributed by atoms with E-state index < -0.39 is 47.2 Å². The summed E-state index contributed by atoms with van der Waals surface area (Å²) in [5, 5.41) is -7.22. The number of rotatable bonds is 12. The summed E-state index contributed by atoms with van der Waals surface area (Å²) >= 11 is 0. The molecule has 0 aliphatic heterocycles. The number of halogens is 9. The van der Waals surface area contributed by atoms with E-state index in [1.807, 2.05) is 0 Å². The molecule has 0 saturated carbocycles. The highest BCUT2D eigenvalue weighted by molar-refractivity contribution is 7.88. The summed E-state index contributed by atoms with van der Waals surface area (Å²) in [6.45, 7) is 4.37. The Morgan fingerprint density at radius 2 is 1.09 bits per heavy atom. The Morgan fingerprint density at radius 3 is 1.53 bits per heavy atom.